The molecule has 0 unspecified atom stereocenters. The van der Waals surface area contributed by atoms with Gasteiger partial charge in [-0.3, -0.25) is 0 Å². The van der Waals surface area contributed by atoms with Gasteiger partial charge in [0, 0.05) is 20.1 Å². The number of benzene rings is 1. The Kier molecular flexibility index (Phi) is 5.16. The minimum Gasteiger partial charge on any atom is -0.370 e. The first-order valence-electron chi connectivity index (χ1n) is 8.50. The number of carbonyl (C=O) groups is 1. The van der Waals surface area contributed by atoms with Crippen molar-refractivity contribution in [3.05, 3.63) is 36.2 Å². The number of amides is 2. The number of piperidine rings is 1. The predicted octanol–water partition coefficient (Wildman–Crippen LogP) is 2.83. The molecule has 1 fully saturated rings. The molecule has 7 nitrogen and oxygen atoms in total. The van der Waals surface area contributed by atoms with Crippen LogP contribution in [0.5, 0.6) is 0 Å². The summed E-state index contributed by atoms with van der Waals surface area (Å²) in [7, 11) is 1.81. The van der Waals surface area contributed by atoms with Crippen LogP contribution in [0.1, 0.15) is 38.1 Å². The zero-order chi connectivity index (χ0) is 17.8. The van der Waals surface area contributed by atoms with Crippen molar-refractivity contribution in [3.63, 3.8) is 0 Å². The van der Waals surface area contributed by atoms with E-state index < -0.39 is 6.03 Å². The molecule has 25 heavy (non-hydrogen) atoms. The summed E-state index contributed by atoms with van der Waals surface area (Å²) in [5.41, 5.74) is 1.33. The van der Waals surface area contributed by atoms with Crippen molar-refractivity contribution in [2.45, 2.75) is 32.2 Å². The molecular formula is C17H23FN6O. The molecule has 0 aliphatic carbocycles. The second kappa shape index (κ2) is 7.50. The van der Waals surface area contributed by atoms with E-state index in [1.807, 2.05) is 14.0 Å². The van der Waals surface area contributed by atoms with Crippen LogP contribution in [-0.4, -0.2) is 33.9 Å². The second-order valence-electron chi connectivity index (χ2n) is 6.33. The highest BCUT2D eigenvalue weighted by atomic mass is 19.1. The van der Waals surface area contributed by atoms with Crippen LogP contribution < -0.4 is 15.5 Å². The molecule has 0 spiro atoms. The normalized spacial score (nSPS) is 15.7. The standard InChI is InChI=1S/C17H23FN6O/c1-12(16-22-19-11-23(16)2)20-17(25)21-14-10-13(18)6-7-15(14)24-8-4-3-5-9-24/h6-7,10-12H,3-5,8-9H2,1-2H3,(H2,20,21,25)/t12-/m1/s1. The van der Waals surface area contributed by atoms with Gasteiger partial charge in [-0.2, -0.15) is 0 Å². The molecular weight excluding hydrogens is 323 g/mol. The number of nitrogens with zero attached hydrogens (tertiary/aromatic N) is 4. The summed E-state index contributed by atoms with van der Waals surface area (Å²) in [5, 5.41) is 13.4. The first kappa shape index (κ1) is 17.2. The predicted molar refractivity (Wildman–Crippen MR) is 94.0 cm³/mol. The van der Waals surface area contributed by atoms with Crippen molar-refractivity contribution in [1.29, 1.82) is 0 Å². The first-order valence-corrected chi connectivity index (χ1v) is 8.50. The van der Waals surface area contributed by atoms with Gasteiger partial charge in [-0.1, -0.05) is 0 Å². The number of nitrogens with one attached hydrogen (secondary N) is 2. The van der Waals surface area contributed by atoms with Gasteiger partial charge in [-0.15, -0.1) is 10.2 Å². The van der Waals surface area contributed by atoms with Crippen molar-refractivity contribution >= 4 is 17.4 Å². The van der Waals surface area contributed by atoms with E-state index in [1.54, 1.807) is 17.0 Å². The molecule has 1 aliphatic rings. The molecule has 2 N–H and O–H groups in total. The summed E-state index contributed by atoms with van der Waals surface area (Å²) in [4.78, 5) is 14.5. The van der Waals surface area contributed by atoms with Crippen LogP contribution in [0.4, 0.5) is 20.6 Å². The van der Waals surface area contributed by atoms with Crippen LogP contribution >= 0.6 is 0 Å². The van der Waals surface area contributed by atoms with Crippen LogP contribution in [-0.2, 0) is 7.05 Å². The van der Waals surface area contributed by atoms with Gasteiger partial charge in [0.2, 0.25) is 0 Å². The Morgan fingerprint density at radius 1 is 1.28 bits per heavy atom. The summed E-state index contributed by atoms with van der Waals surface area (Å²) < 4.78 is 15.4. The van der Waals surface area contributed by atoms with Gasteiger partial charge < -0.3 is 20.1 Å². The summed E-state index contributed by atoms with van der Waals surface area (Å²) in [6.07, 6.45) is 4.99. The smallest absolute Gasteiger partial charge is 0.319 e. The van der Waals surface area contributed by atoms with Crippen LogP contribution in [0.2, 0.25) is 0 Å². The maximum atomic E-state index is 13.7. The van der Waals surface area contributed by atoms with Crippen molar-refractivity contribution in [2.75, 3.05) is 23.3 Å². The third-order valence-electron chi connectivity index (χ3n) is 4.38. The van der Waals surface area contributed by atoms with Crippen molar-refractivity contribution in [2.24, 2.45) is 7.05 Å². The fourth-order valence-corrected chi connectivity index (χ4v) is 3.12. The molecule has 2 amide bonds. The van der Waals surface area contributed by atoms with Gasteiger partial charge in [0.25, 0.3) is 0 Å². The van der Waals surface area contributed by atoms with E-state index in [1.165, 1.54) is 18.6 Å². The van der Waals surface area contributed by atoms with E-state index in [4.69, 9.17) is 0 Å². The number of aromatic nitrogens is 3. The van der Waals surface area contributed by atoms with Crippen molar-refractivity contribution in [3.8, 4) is 0 Å². The number of hydrogen-bond acceptors (Lipinski definition) is 4. The molecule has 0 saturated carbocycles. The Labute approximate surface area is 146 Å². The Morgan fingerprint density at radius 2 is 2.04 bits per heavy atom. The number of anilines is 2. The summed E-state index contributed by atoms with van der Waals surface area (Å²) in [6.45, 7) is 3.65. The topological polar surface area (TPSA) is 75.1 Å². The molecule has 1 aromatic carbocycles. The molecule has 1 aromatic heterocycles. The Bertz CT molecular complexity index is 740. The molecule has 1 atom stereocenters. The number of aryl methyl sites for hydroxylation is 1. The monoisotopic (exact) mass is 346 g/mol. The largest absolute Gasteiger partial charge is 0.370 e. The average Bonchev–Trinajstić information content (AvgIpc) is 3.02. The molecule has 8 heteroatoms. The average molecular weight is 346 g/mol. The fourth-order valence-electron chi connectivity index (χ4n) is 3.12. The Balaban J connectivity index is 1.72. The number of rotatable bonds is 4. The molecule has 2 heterocycles. The highest BCUT2D eigenvalue weighted by molar-refractivity contribution is 5.93. The van der Waals surface area contributed by atoms with E-state index in [9.17, 15) is 9.18 Å². The Morgan fingerprint density at radius 3 is 2.72 bits per heavy atom. The van der Waals surface area contributed by atoms with Gasteiger partial charge in [0.1, 0.15) is 12.1 Å². The number of hydrogen-bond donors (Lipinski definition) is 2. The SMILES string of the molecule is C[C@@H](NC(=O)Nc1cc(F)ccc1N1CCCCC1)c1nncn1C. The molecule has 3 rings (SSSR count). The molecule has 0 bridgehead atoms. The van der Waals surface area contributed by atoms with Gasteiger partial charge in [0.05, 0.1) is 17.4 Å². The lowest BCUT2D eigenvalue weighted by Gasteiger charge is -2.30. The number of carbonyl (C=O) groups excluding carboxylic acids is 1. The van der Waals surface area contributed by atoms with Crippen molar-refractivity contribution in [1.82, 2.24) is 20.1 Å². The van der Waals surface area contributed by atoms with Gasteiger partial charge in [0.15, 0.2) is 5.82 Å². The molecule has 0 radical (unpaired) electrons. The summed E-state index contributed by atoms with van der Waals surface area (Å²) in [6, 6.07) is 3.78. The Hall–Kier alpha value is -2.64. The molecule has 1 saturated heterocycles. The zero-order valence-corrected chi connectivity index (χ0v) is 14.5. The lowest BCUT2D eigenvalue weighted by atomic mass is 10.1. The number of halogens is 1. The van der Waals surface area contributed by atoms with Crippen LogP contribution in [0.3, 0.4) is 0 Å². The number of urea groups is 1. The van der Waals surface area contributed by atoms with Gasteiger partial charge in [-0.05, 0) is 44.4 Å². The third kappa shape index (κ3) is 4.07. The lowest BCUT2D eigenvalue weighted by Crippen LogP contribution is -2.34. The lowest BCUT2D eigenvalue weighted by molar-refractivity contribution is 0.248. The van der Waals surface area contributed by atoms with Gasteiger partial charge >= 0.3 is 6.03 Å². The second-order valence-corrected chi connectivity index (χ2v) is 6.33. The summed E-state index contributed by atoms with van der Waals surface area (Å²) in [5.74, 6) is 0.267. The minimum absolute atomic E-state index is 0.320. The quantitative estimate of drug-likeness (QED) is 0.893. The summed E-state index contributed by atoms with van der Waals surface area (Å²) >= 11 is 0. The van der Waals surface area contributed by atoms with Crippen molar-refractivity contribution < 1.29 is 9.18 Å². The van der Waals surface area contributed by atoms with Gasteiger partial charge in [-0.25, -0.2) is 9.18 Å². The van der Waals surface area contributed by atoms with E-state index in [2.05, 4.69) is 25.7 Å². The minimum atomic E-state index is -0.403. The van der Waals surface area contributed by atoms with E-state index in [-0.39, 0.29) is 11.9 Å². The van der Waals surface area contributed by atoms with E-state index in [0.717, 1.165) is 31.6 Å². The molecule has 134 valence electrons. The highest BCUT2D eigenvalue weighted by Gasteiger charge is 2.18. The van der Waals surface area contributed by atoms with E-state index >= 15 is 0 Å². The molecule has 2 aromatic rings. The third-order valence-corrected chi connectivity index (χ3v) is 4.38. The van der Waals surface area contributed by atoms with Crippen LogP contribution in [0.25, 0.3) is 0 Å². The van der Waals surface area contributed by atoms with Crippen LogP contribution in [0.15, 0.2) is 24.5 Å². The molecule has 1 aliphatic heterocycles. The van der Waals surface area contributed by atoms with E-state index in [0.29, 0.717) is 11.5 Å². The van der Waals surface area contributed by atoms with Crippen LogP contribution in [0, 0.1) is 5.82 Å². The first-order chi connectivity index (χ1) is 12.0. The maximum Gasteiger partial charge on any atom is 0.319 e. The zero-order valence-electron chi connectivity index (χ0n) is 14.5. The maximum absolute atomic E-state index is 13.7. The highest BCUT2D eigenvalue weighted by Crippen LogP contribution is 2.29. The fraction of sp³-hybridized carbons (Fsp3) is 0.471.